The van der Waals surface area contributed by atoms with E-state index in [1.165, 1.54) is 0 Å². The van der Waals surface area contributed by atoms with Crippen molar-refractivity contribution in [2.24, 2.45) is 0 Å². The van der Waals surface area contributed by atoms with Crippen LogP contribution in [0, 0.1) is 0 Å². The fourth-order valence-electron chi connectivity index (χ4n) is 2.74. The van der Waals surface area contributed by atoms with Gasteiger partial charge in [-0.25, -0.2) is 8.42 Å². The van der Waals surface area contributed by atoms with Crippen LogP contribution < -0.4 is 5.32 Å². The van der Waals surface area contributed by atoms with Crippen molar-refractivity contribution in [3.8, 4) is 0 Å². The highest BCUT2D eigenvalue weighted by molar-refractivity contribution is 7.91. The Labute approximate surface area is 132 Å². The van der Waals surface area contributed by atoms with E-state index in [1.807, 2.05) is 31.3 Å². The lowest BCUT2D eigenvalue weighted by atomic mass is 10.0. The molecule has 0 spiro atoms. The summed E-state index contributed by atoms with van der Waals surface area (Å²) in [7, 11) is -0.902. The molecule has 1 aromatic carbocycles. The van der Waals surface area contributed by atoms with Crippen molar-refractivity contribution in [3.05, 3.63) is 34.9 Å². The summed E-state index contributed by atoms with van der Waals surface area (Å²) in [4.78, 5) is 2.24. The smallest absolute Gasteiger partial charge is 0.151 e. The summed E-state index contributed by atoms with van der Waals surface area (Å²) in [5, 5.41) is 4.07. The second-order valence-electron chi connectivity index (χ2n) is 5.50. The number of nitrogens with one attached hydrogen (secondary N) is 1. The van der Waals surface area contributed by atoms with Crippen molar-refractivity contribution in [1.82, 2.24) is 10.2 Å². The summed E-state index contributed by atoms with van der Waals surface area (Å²) < 4.78 is 23.2. The lowest BCUT2D eigenvalue weighted by Gasteiger charge is -2.24. The molecule has 21 heavy (non-hydrogen) atoms. The Morgan fingerprint density at radius 2 is 2.05 bits per heavy atom. The number of hydrogen-bond acceptors (Lipinski definition) is 4. The zero-order chi connectivity index (χ0) is 15.3. The minimum atomic E-state index is -2.83. The average molecular weight is 331 g/mol. The van der Waals surface area contributed by atoms with Crippen LogP contribution in [0.4, 0.5) is 0 Å². The van der Waals surface area contributed by atoms with E-state index in [0.29, 0.717) is 12.3 Å². The summed E-state index contributed by atoms with van der Waals surface area (Å²) >= 11 is 6.25. The van der Waals surface area contributed by atoms with Gasteiger partial charge in [0, 0.05) is 17.6 Å². The topological polar surface area (TPSA) is 49.4 Å². The molecule has 1 N–H and O–H groups in total. The predicted octanol–water partition coefficient (Wildman–Crippen LogP) is 2.11. The van der Waals surface area contributed by atoms with Gasteiger partial charge in [-0.2, -0.15) is 0 Å². The van der Waals surface area contributed by atoms with E-state index in [1.54, 1.807) is 0 Å². The SMILES string of the molecule is CNC(CCN1CCCS(=O)(=O)CC1)c1ccccc1Cl. The maximum atomic E-state index is 11.6. The van der Waals surface area contributed by atoms with Crippen molar-refractivity contribution in [3.63, 3.8) is 0 Å². The van der Waals surface area contributed by atoms with Gasteiger partial charge in [0.15, 0.2) is 9.84 Å². The van der Waals surface area contributed by atoms with Gasteiger partial charge >= 0.3 is 0 Å². The van der Waals surface area contributed by atoms with Gasteiger partial charge < -0.3 is 10.2 Å². The van der Waals surface area contributed by atoms with Gasteiger partial charge in [0.2, 0.25) is 0 Å². The molecule has 0 amide bonds. The Hall–Kier alpha value is -0.620. The first-order chi connectivity index (χ1) is 10.0. The predicted molar refractivity (Wildman–Crippen MR) is 87.6 cm³/mol. The van der Waals surface area contributed by atoms with Crippen molar-refractivity contribution in [1.29, 1.82) is 0 Å². The summed E-state index contributed by atoms with van der Waals surface area (Å²) in [5.74, 6) is 0.604. The maximum Gasteiger partial charge on any atom is 0.151 e. The molecule has 1 aliphatic rings. The van der Waals surface area contributed by atoms with Crippen LogP contribution in [0.3, 0.4) is 0 Å². The zero-order valence-electron chi connectivity index (χ0n) is 12.4. The first kappa shape index (κ1) is 16.7. The third-order valence-corrected chi connectivity index (χ3v) is 6.07. The molecule has 1 aliphatic heterocycles. The molecular weight excluding hydrogens is 308 g/mol. The van der Waals surface area contributed by atoms with Crippen molar-refractivity contribution < 1.29 is 8.42 Å². The van der Waals surface area contributed by atoms with Gasteiger partial charge in [0.25, 0.3) is 0 Å². The van der Waals surface area contributed by atoms with Crippen LogP contribution in [0.15, 0.2) is 24.3 Å². The standard InChI is InChI=1S/C15H23ClN2O2S/c1-17-15(13-5-2-3-6-14(13)16)7-9-18-8-4-11-21(19,20)12-10-18/h2-3,5-6,15,17H,4,7-12H2,1H3. The van der Waals surface area contributed by atoms with Gasteiger partial charge in [-0.15, -0.1) is 0 Å². The third-order valence-electron chi connectivity index (χ3n) is 4.01. The molecule has 1 atom stereocenters. The van der Waals surface area contributed by atoms with Crippen LogP contribution in [-0.4, -0.2) is 51.5 Å². The Kier molecular flexibility index (Phi) is 6.05. The van der Waals surface area contributed by atoms with E-state index in [4.69, 9.17) is 11.6 Å². The third kappa shape index (κ3) is 4.95. The summed E-state index contributed by atoms with van der Waals surface area (Å²) in [6, 6.07) is 8.05. The Morgan fingerprint density at radius 3 is 2.76 bits per heavy atom. The number of halogens is 1. The summed E-state index contributed by atoms with van der Waals surface area (Å²) in [5.41, 5.74) is 1.10. The van der Waals surface area contributed by atoms with Crippen molar-refractivity contribution in [2.75, 3.05) is 38.2 Å². The summed E-state index contributed by atoms with van der Waals surface area (Å²) in [6.45, 7) is 2.38. The largest absolute Gasteiger partial charge is 0.313 e. The van der Waals surface area contributed by atoms with Gasteiger partial charge in [0.1, 0.15) is 0 Å². The monoisotopic (exact) mass is 330 g/mol. The van der Waals surface area contributed by atoms with Crippen LogP contribution in [-0.2, 0) is 9.84 Å². The molecule has 1 aromatic rings. The molecule has 0 aromatic heterocycles. The lowest BCUT2D eigenvalue weighted by molar-refractivity contribution is 0.277. The van der Waals surface area contributed by atoms with Gasteiger partial charge in [-0.3, -0.25) is 0 Å². The molecule has 2 rings (SSSR count). The highest BCUT2D eigenvalue weighted by Gasteiger charge is 2.20. The maximum absolute atomic E-state index is 11.6. The first-order valence-corrected chi connectivity index (χ1v) is 9.56. The Balaban J connectivity index is 1.93. The van der Waals surface area contributed by atoms with Gasteiger partial charge in [-0.05, 0) is 44.6 Å². The van der Waals surface area contributed by atoms with Crippen LogP contribution in [0.1, 0.15) is 24.4 Å². The van der Waals surface area contributed by atoms with E-state index < -0.39 is 9.84 Å². The minimum absolute atomic E-state index is 0.193. The second kappa shape index (κ2) is 7.58. The average Bonchev–Trinajstić information content (AvgIpc) is 2.62. The number of rotatable bonds is 5. The molecule has 1 heterocycles. The molecule has 1 unspecified atom stereocenters. The summed E-state index contributed by atoms with van der Waals surface area (Å²) in [6.07, 6.45) is 1.65. The van der Waals surface area contributed by atoms with E-state index >= 15 is 0 Å². The van der Waals surface area contributed by atoms with Gasteiger partial charge in [-0.1, -0.05) is 29.8 Å². The van der Waals surface area contributed by atoms with E-state index in [-0.39, 0.29) is 11.8 Å². The molecule has 0 aliphatic carbocycles. The fourth-order valence-corrected chi connectivity index (χ4v) is 4.32. The van der Waals surface area contributed by atoms with Crippen LogP contribution in [0.2, 0.25) is 5.02 Å². The Morgan fingerprint density at radius 1 is 1.29 bits per heavy atom. The highest BCUT2D eigenvalue weighted by Crippen LogP contribution is 2.25. The molecule has 0 bridgehead atoms. The molecule has 118 valence electrons. The molecule has 6 heteroatoms. The van der Waals surface area contributed by atoms with E-state index in [9.17, 15) is 8.42 Å². The minimum Gasteiger partial charge on any atom is -0.313 e. The molecular formula is C15H23ClN2O2S. The number of benzene rings is 1. The zero-order valence-corrected chi connectivity index (χ0v) is 14.0. The van der Waals surface area contributed by atoms with Crippen molar-refractivity contribution >= 4 is 21.4 Å². The lowest BCUT2D eigenvalue weighted by Crippen LogP contribution is -2.31. The fraction of sp³-hybridized carbons (Fsp3) is 0.600. The molecule has 1 fully saturated rings. The molecule has 0 radical (unpaired) electrons. The molecule has 0 saturated carbocycles. The number of nitrogens with zero attached hydrogens (tertiary/aromatic N) is 1. The van der Waals surface area contributed by atoms with Crippen LogP contribution in [0.25, 0.3) is 0 Å². The Bertz CT molecular complexity index is 563. The highest BCUT2D eigenvalue weighted by atomic mass is 35.5. The van der Waals surface area contributed by atoms with Crippen LogP contribution >= 0.6 is 11.6 Å². The van der Waals surface area contributed by atoms with E-state index in [0.717, 1.165) is 36.5 Å². The van der Waals surface area contributed by atoms with Gasteiger partial charge in [0.05, 0.1) is 11.5 Å². The van der Waals surface area contributed by atoms with Crippen LogP contribution in [0.5, 0.6) is 0 Å². The first-order valence-electron chi connectivity index (χ1n) is 7.36. The molecule has 4 nitrogen and oxygen atoms in total. The normalized spacial score (nSPS) is 20.9. The number of sulfone groups is 1. The molecule has 1 saturated heterocycles. The second-order valence-corrected chi connectivity index (χ2v) is 8.21. The van der Waals surface area contributed by atoms with Crippen molar-refractivity contribution in [2.45, 2.75) is 18.9 Å². The quantitative estimate of drug-likeness (QED) is 0.898. The number of hydrogen-bond donors (Lipinski definition) is 1. The van der Waals surface area contributed by atoms with E-state index in [2.05, 4.69) is 10.2 Å².